The predicted molar refractivity (Wildman–Crippen MR) is 114 cm³/mol. The number of hydrogen-bond donors (Lipinski definition) is 4. The third kappa shape index (κ3) is 3.27. The molecule has 1 aliphatic heterocycles. The Morgan fingerprint density at radius 3 is 2.57 bits per heavy atom. The van der Waals surface area contributed by atoms with Crippen LogP contribution in [0, 0.1) is 0 Å². The molecule has 0 aliphatic carbocycles. The van der Waals surface area contributed by atoms with E-state index in [4.69, 9.17) is 17.0 Å². The summed E-state index contributed by atoms with van der Waals surface area (Å²) >= 11 is 7.21. The third-order valence-electron chi connectivity index (χ3n) is 5.05. The predicted octanol–water partition coefficient (Wildman–Crippen LogP) is 4.02. The number of methoxy groups -OCH3 is 1. The zero-order chi connectivity index (χ0) is 19.7. The van der Waals surface area contributed by atoms with E-state index in [1.165, 1.54) is 10.9 Å². The van der Waals surface area contributed by atoms with Crippen LogP contribution in [0.25, 0.3) is 0 Å². The number of benzene rings is 2. The molecule has 144 valence electrons. The minimum absolute atomic E-state index is 0.0101. The molecule has 1 fully saturated rings. The van der Waals surface area contributed by atoms with Crippen molar-refractivity contribution in [3.05, 3.63) is 76.0 Å². The first-order chi connectivity index (χ1) is 13.5. The molecule has 0 radical (unpaired) electrons. The largest absolute Gasteiger partial charge is 0.508 e. The van der Waals surface area contributed by atoms with Gasteiger partial charge in [-0.15, -0.1) is 11.3 Å². The van der Waals surface area contributed by atoms with Crippen LogP contribution in [0.1, 0.15) is 28.5 Å². The first-order valence-electron chi connectivity index (χ1n) is 8.81. The second-order valence-corrected chi connectivity index (χ2v) is 8.09. The van der Waals surface area contributed by atoms with Gasteiger partial charge in [0.05, 0.1) is 18.7 Å². The third-order valence-corrected chi connectivity index (χ3v) is 6.26. The normalized spacial score (nSPS) is 21.6. The van der Waals surface area contributed by atoms with Gasteiger partial charge in [0.25, 0.3) is 0 Å². The first-order valence-corrected chi connectivity index (χ1v) is 10.1. The van der Waals surface area contributed by atoms with Gasteiger partial charge >= 0.3 is 0 Å². The summed E-state index contributed by atoms with van der Waals surface area (Å²) in [6.07, 6.45) is 0.623. The lowest BCUT2D eigenvalue weighted by atomic mass is 9.76. The van der Waals surface area contributed by atoms with Gasteiger partial charge in [0, 0.05) is 22.9 Å². The molecule has 2 atom stereocenters. The monoisotopic (exact) mass is 412 g/mol. The van der Waals surface area contributed by atoms with Crippen LogP contribution in [0.2, 0.25) is 0 Å². The lowest BCUT2D eigenvalue weighted by molar-refractivity contribution is 0.332. The van der Waals surface area contributed by atoms with E-state index in [0.29, 0.717) is 17.1 Å². The number of thiocarbonyl (C=S) groups is 1. The van der Waals surface area contributed by atoms with E-state index >= 15 is 0 Å². The minimum atomic E-state index is -0.763. The summed E-state index contributed by atoms with van der Waals surface area (Å²) in [5.41, 5.74) is 0.835. The molecule has 0 bridgehead atoms. The van der Waals surface area contributed by atoms with Crippen molar-refractivity contribution in [2.24, 2.45) is 0 Å². The van der Waals surface area contributed by atoms with Crippen molar-refractivity contribution in [1.29, 1.82) is 0 Å². The van der Waals surface area contributed by atoms with E-state index in [0.717, 1.165) is 11.3 Å². The summed E-state index contributed by atoms with van der Waals surface area (Å²) in [6, 6.07) is 16.5. The van der Waals surface area contributed by atoms with Crippen molar-refractivity contribution in [2.75, 3.05) is 7.11 Å². The van der Waals surface area contributed by atoms with Gasteiger partial charge in [-0.2, -0.15) is 0 Å². The van der Waals surface area contributed by atoms with E-state index in [-0.39, 0.29) is 17.5 Å². The molecule has 4 N–H and O–H groups in total. The van der Waals surface area contributed by atoms with Gasteiger partial charge in [0.2, 0.25) is 0 Å². The van der Waals surface area contributed by atoms with Crippen LogP contribution in [0.5, 0.6) is 17.2 Å². The highest BCUT2D eigenvalue weighted by Gasteiger charge is 2.43. The van der Waals surface area contributed by atoms with Crippen molar-refractivity contribution >= 4 is 28.7 Å². The van der Waals surface area contributed by atoms with Gasteiger partial charge in [-0.3, -0.25) is 0 Å². The number of phenols is 2. The molecule has 1 aliphatic rings. The molecule has 28 heavy (non-hydrogen) atoms. The fourth-order valence-corrected chi connectivity index (χ4v) is 4.83. The van der Waals surface area contributed by atoms with Crippen LogP contribution >= 0.6 is 23.6 Å². The average molecular weight is 413 g/mol. The Labute approximate surface area is 172 Å². The summed E-state index contributed by atoms with van der Waals surface area (Å²) in [6.45, 7) is 0. The Morgan fingerprint density at radius 2 is 1.93 bits per heavy atom. The molecule has 2 heterocycles. The molecule has 5 nitrogen and oxygen atoms in total. The zero-order valence-electron chi connectivity index (χ0n) is 15.2. The number of rotatable bonds is 4. The highest BCUT2D eigenvalue weighted by molar-refractivity contribution is 7.80. The van der Waals surface area contributed by atoms with Gasteiger partial charge in [-0.25, -0.2) is 0 Å². The smallest absolute Gasteiger partial charge is 0.167 e. The Kier molecular flexibility index (Phi) is 4.87. The minimum Gasteiger partial charge on any atom is -0.508 e. The number of nitrogens with one attached hydrogen (secondary N) is 2. The molecule has 0 unspecified atom stereocenters. The van der Waals surface area contributed by atoms with Gasteiger partial charge in [0.1, 0.15) is 17.2 Å². The SMILES string of the molecule is COc1ccc([C@@]2(c3ccc(O)cc3O)C[C@@H](c3cccs3)NC(=S)N2)cc1. The second-order valence-electron chi connectivity index (χ2n) is 6.71. The van der Waals surface area contributed by atoms with E-state index in [1.807, 2.05) is 35.7 Å². The maximum atomic E-state index is 10.7. The molecule has 1 aromatic heterocycles. The molecule has 0 amide bonds. The molecular formula is C21H20N2O3S2. The molecule has 0 saturated carbocycles. The van der Waals surface area contributed by atoms with Gasteiger partial charge in [-0.1, -0.05) is 18.2 Å². The van der Waals surface area contributed by atoms with Crippen LogP contribution in [0.4, 0.5) is 0 Å². The molecule has 1 saturated heterocycles. The quantitative estimate of drug-likeness (QED) is 0.485. The first kappa shape index (κ1) is 18.6. The number of hydrogen-bond acceptors (Lipinski definition) is 5. The molecular weight excluding hydrogens is 392 g/mol. The topological polar surface area (TPSA) is 73.8 Å². The van der Waals surface area contributed by atoms with Crippen molar-refractivity contribution in [1.82, 2.24) is 10.6 Å². The number of ether oxygens (including phenoxy) is 1. The Bertz CT molecular complexity index is 989. The van der Waals surface area contributed by atoms with Gasteiger partial charge < -0.3 is 25.6 Å². The van der Waals surface area contributed by atoms with Gasteiger partial charge in [0.15, 0.2) is 5.11 Å². The maximum absolute atomic E-state index is 10.7. The van der Waals surface area contributed by atoms with Crippen LogP contribution in [0.15, 0.2) is 60.0 Å². The lowest BCUT2D eigenvalue weighted by Crippen LogP contribution is -2.57. The van der Waals surface area contributed by atoms with Gasteiger partial charge in [-0.05, 0) is 53.5 Å². The lowest BCUT2D eigenvalue weighted by Gasteiger charge is -2.44. The Hall–Kier alpha value is -2.77. The van der Waals surface area contributed by atoms with E-state index in [2.05, 4.69) is 16.7 Å². The van der Waals surface area contributed by atoms with Crippen molar-refractivity contribution < 1.29 is 14.9 Å². The Balaban J connectivity index is 1.88. The Morgan fingerprint density at radius 1 is 1.14 bits per heavy atom. The second kappa shape index (κ2) is 7.33. The summed E-state index contributed by atoms with van der Waals surface area (Å²) in [7, 11) is 1.63. The fourth-order valence-electron chi connectivity index (χ4n) is 3.74. The van der Waals surface area contributed by atoms with Crippen LogP contribution in [-0.2, 0) is 5.54 Å². The van der Waals surface area contributed by atoms with Crippen LogP contribution in [0.3, 0.4) is 0 Å². The highest BCUT2D eigenvalue weighted by Crippen LogP contribution is 2.45. The molecule has 7 heteroatoms. The van der Waals surface area contributed by atoms with Crippen LogP contribution in [-0.4, -0.2) is 22.4 Å². The summed E-state index contributed by atoms with van der Waals surface area (Å²) < 4.78 is 5.30. The van der Waals surface area contributed by atoms with E-state index in [9.17, 15) is 10.2 Å². The van der Waals surface area contributed by atoms with Crippen molar-refractivity contribution in [3.8, 4) is 17.2 Å². The number of phenolic OH excluding ortho intramolecular Hbond substituents is 2. The maximum Gasteiger partial charge on any atom is 0.167 e. The number of aromatic hydroxyl groups is 2. The average Bonchev–Trinajstić information content (AvgIpc) is 3.22. The zero-order valence-corrected chi connectivity index (χ0v) is 16.8. The van der Waals surface area contributed by atoms with E-state index < -0.39 is 5.54 Å². The molecule has 4 rings (SSSR count). The summed E-state index contributed by atoms with van der Waals surface area (Å²) in [5.74, 6) is 0.774. The molecule has 2 aromatic carbocycles. The summed E-state index contributed by atoms with van der Waals surface area (Å²) in [4.78, 5) is 1.17. The van der Waals surface area contributed by atoms with Crippen molar-refractivity contribution in [3.63, 3.8) is 0 Å². The van der Waals surface area contributed by atoms with Crippen LogP contribution < -0.4 is 15.4 Å². The molecule has 0 spiro atoms. The van der Waals surface area contributed by atoms with E-state index in [1.54, 1.807) is 30.6 Å². The standard InChI is InChI=1S/C21H20N2O3S2/c1-26-15-7-4-13(5-8-15)21(16-9-6-14(24)11-18(16)25)12-17(22-20(27)23-21)19-3-2-10-28-19/h2-11,17,24-25H,12H2,1H3,(H2,22,23,27)/t17-,21+/m0/s1. The number of thiophene rings is 1. The van der Waals surface area contributed by atoms with Crippen molar-refractivity contribution in [2.45, 2.75) is 18.0 Å². The molecule has 3 aromatic rings. The summed E-state index contributed by atoms with van der Waals surface area (Å²) in [5, 5.41) is 29.7. The fraction of sp³-hybridized carbons (Fsp3) is 0.190. The highest BCUT2D eigenvalue weighted by atomic mass is 32.1.